The van der Waals surface area contributed by atoms with Gasteiger partial charge in [0.1, 0.15) is 0 Å². The van der Waals surface area contributed by atoms with Crippen LogP contribution in [0.3, 0.4) is 0 Å². The van der Waals surface area contributed by atoms with Crippen LogP contribution in [0, 0.1) is 5.92 Å². The van der Waals surface area contributed by atoms with Crippen molar-refractivity contribution in [3.63, 3.8) is 0 Å². The van der Waals surface area contributed by atoms with Gasteiger partial charge in [-0.15, -0.1) is 12.4 Å². The topological polar surface area (TPSA) is 49.6 Å². The summed E-state index contributed by atoms with van der Waals surface area (Å²) in [6.07, 6.45) is 0.836. The third-order valence-electron chi connectivity index (χ3n) is 5.76. The minimum atomic E-state index is -0.0750. The Balaban J connectivity index is 0.00000210. The van der Waals surface area contributed by atoms with E-state index < -0.39 is 0 Å². The maximum atomic E-state index is 13.1. The third kappa shape index (κ3) is 3.85. The third-order valence-corrected chi connectivity index (χ3v) is 6.08. The van der Waals surface area contributed by atoms with Gasteiger partial charge in [0.2, 0.25) is 5.91 Å². The summed E-state index contributed by atoms with van der Waals surface area (Å²) in [6.45, 7) is 3.12. The summed E-state index contributed by atoms with van der Waals surface area (Å²) in [7, 11) is 0. The van der Waals surface area contributed by atoms with Gasteiger partial charge in [-0.05, 0) is 36.6 Å². The molecule has 6 heteroatoms. The lowest BCUT2D eigenvalue weighted by molar-refractivity contribution is -0.121. The molecule has 0 aromatic heterocycles. The van der Waals surface area contributed by atoms with Crippen molar-refractivity contribution in [2.24, 2.45) is 11.7 Å². The van der Waals surface area contributed by atoms with E-state index in [1.54, 1.807) is 0 Å². The molecule has 27 heavy (non-hydrogen) atoms. The van der Waals surface area contributed by atoms with Crippen molar-refractivity contribution in [2.75, 3.05) is 31.1 Å². The van der Waals surface area contributed by atoms with Gasteiger partial charge in [0, 0.05) is 25.6 Å². The lowest BCUT2D eigenvalue weighted by atomic mass is 9.89. The fourth-order valence-electron chi connectivity index (χ4n) is 4.39. The van der Waals surface area contributed by atoms with Gasteiger partial charge in [0.05, 0.1) is 16.8 Å². The van der Waals surface area contributed by atoms with Crippen molar-refractivity contribution in [1.29, 1.82) is 0 Å². The van der Waals surface area contributed by atoms with E-state index in [1.165, 1.54) is 5.56 Å². The maximum absolute atomic E-state index is 13.1. The predicted octanol–water partition coefficient (Wildman–Crippen LogP) is 3.54. The second kappa shape index (κ2) is 8.61. The van der Waals surface area contributed by atoms with Crippen molar-refractivity contribution in [1.82, 2.24) is 4.90 Å². The minimum absolute atomic E-state index is 0. The number of halogens is 2. The Hall–Kier alpha value is -1.59. The summed E-state index contributed by atoms with van der Waals surface area (Å²) in [6, 6.07) is 18.0. The van der Waals surface area contributed by atoms with E-state index in [0.29, 0.717) is 29.9 Å². The van der Waals surface area contributed by atoms with Crippen molar-refractivity contribution < 1.29 is 4.79 Å². The molecule has 2 fully saturated rings. The molecule has 2 N–H and O–H groups in total. The summed E-state index contributed by atoms with van der Waals surface area (Å²) in [4.78, 5) is 17.2. The van der Waals surface area contributed by atoms with Gasteiger partial charge in [-0.3, -0.25) is 9.69 Å². The molecule has 2 heterocycles. The number of hydrogen-bond acceptors (Lipinski definition) is 3. The van der Waals surface area contributed by atoms with E-state index in [1.807, 2.05) is 35.2 Å². The van der Waals surface area contributed by atoms with Crippen LogP contribution in [-0.2, 0) is 4.79 Å². The Morgan fingerprint density at radius 1 is 1.04 bits per heavy atom. The van der Waals surface area contributed by atoms with Gasteiger partial charge in [0.15, 0.2) is 0 Å². The van der Waals surface area contributed by atoms with Gasteiger partial charge in [-0.2, -0.15) is 0 Å². The fraction of sp³-hybridized carbons (Fsp3) is 0.381. The standard InChI is InChI=1S/C21H24ClN3O.ClH/c22-18-8-4-5-9-19(18)25-11-10-20(21(25)26)24-13-16(12-23)17(14-24)15-6-2-1-3-7-15;/h1-9,16-17,20H,10-14,23H2;1H/t16-,17+,20?;/m1./s1. The van der Waals surface area contributed by atoms with E-state index in [9.17, 15) is 4.79 Å². The Labute approximate surface area is 171 Å². The molecular formula is C21H25Cl2N3O. The number of carbonyl (C=O) groups is 1. The molecule has 4 nitrogen and oxygen atoms in total. The first-order valence-corrected chi connectivity index (χ1v) is 9.62. The van der Waals surface area contributed by atoms with Crippen LogP contribution in [0.15, 0.2) is 54.6 Å². The summed E-state index contributed by atoms with van der Waals surface area (Å²) < 4.78 is 0. The van der Waals surface area contributed by atoms with Crippen LogP contribution in [0.1, 0.15) is 17.9 Å². The number of nitrogens with zero attached hydrogens (tertiary/aromatic N) is 2. The zero-order valence-electron chi connectivity index (χ0n) is 15.1. The molecule has 4 rings (SSSR count). The van der Waals surface area contributed by atoms with Gasteiger partial charge >= 0.3 is 0 Å². The quantitative estimate of drug-likeness (QED) is 0.845. The van der Waals surface area contributed by atoms with Crippen LogP contribution in [0.5, 0.6) is 0 Å². The molecule has 144 valence electrons. The number of benzene rings is 2. The number of likely N-dealkylation sites (tertiary alicyclic amines) is 1. The largest absolute Gasteiger partial charge is 0.330 e. The Morgan fingerprint density at radius 2 is 1.74 bits per heavy atom. The number of carbonyl (C=O) groups excluding carboxylic acids is 1. The second-order valence-corrected chi connectivity index (χ2v) is 7.62. The highest BCUT2D eigenvalue weighted by Gasteiger charge is 2.43. The Kier molecular flexibility index (Phi) is 6.43. The summed E-state index contributed by atoms with van der Waals surface area (Å²) in [5.74, 6) is 0.936. The number of hydrogen-bond donors (Lipinski definition) is 1. The zero-order chi connectivity index (χ0) is 18.1. The average Bonchev–Trinajstić information content (AvgIpc) is 3.26. The SMILES string of the molecule is Cl.NC[C@@H]1CN(C2CCN(c3ccccc3Cl)C2=O)C[C@H]1c1ccccc1. The first kappa shape index (κ1) is 20.2. The van der Waals surface area contributed by atoms with Crippen LogP contribution in [0.4, 0.5) is 5.69 Å². The van der Waals surface area contributed by atoms with Gasteiger partial charge in [-0.25, -0.2) is 0 Å². The highest BCUT2D eigenvalue weighted by molar-refractivity contribution is 6.33. The van der Waals surface area contributed by atoms with Crippen molar-refractivity contribution >= 4 is 35.6 Å². The molecule has 2 aromatic rings. The fourth-order valence-corrected chi connectivity index (χ4v) is 4.63. The Bertz CT molecular complexity index is 786. The van der Waals surface area contributed by atoms with Crippen LogP contribution < -0.4 is 10.6 Å². The monoisotopic (exact) mass is 405 g/mol. The normalized spacial score (nSPS) is 25.6. The second-order valence-electron chi connectivity index (χ2n) is 7.21. The van der Waals surface area contributed by atoms with Gasteiger partial charge in [0.25, 0.3) is 0 Å². The van der Waals surface area contributed by atoms with Crippen molar-refractivity contribution in [3.05, 3.63) is 65.2 Å². The lowest BCUT2D eigenvalue weighted by Gasteiger charge is -2.24. The molecule has 1 amide bonds. The number of amides is 1. The Morgan fingerprint density at radius 3 is 2.44 bits per heavy atom. The van der Waals surface area contributed by atoms with Crippen LogP contribution in [-0.4, -0.2) is 43.0 Å². The van der Waals surface area contributed by atoms with E-state index in [4.69, 9.17) is 17.3 Å². The van der Waals surface area contributed by atoms with Crippen LogP contribution in [0.25, 0.3) is 0 Å². The molecule has 0 spiro atoms. The first-order valence-electron chi connectivity index (χ1n) is 9.24. The minimum Gasteiger partial charge on any atom is -0.330 e. The molecule has 0 saturated carbocycles. The lowest BCUT2D eigenvalue weighted by Crippen LogP contribution is -2.41. The van der Waals surface area contributed by atoms with Crippen LogP contribution >= 0.6 is 24.0 Å². The molecule has 2 saturated heterocycles. The molecular weight excluding hydrogens is 381 g/mol. The zero-order valence-corrected chi connectivity index (χ0v) is 16.7. The van der Waals surface area contributed by atoms with E-state index >= 15 is 0 Å². The average molecular weight is 406 g/mol. The van der Waals surface area contributed by atoms with Gasteiger partial charge < -0.3 is 10.6 Å². The highest BCUT2D eigenvalue weighted by atomic mass is 35.5. The maximum Gasteiger partial charge on any atom is 0.244 e. The molecule has 2 aromatic carbocycles. The first-order chi connectivity index (χ1) is 12.7. The van der Waals surface area contributed by atoms with Crippen LogP contribution in [0.2, 0.25) is 5.02 Å². The number of nitrogens with two attached hydrogens (primary N) is 1. The molecule has 3 atom stereocenters. The number of para-hydroxylation sites is 1. The summed E-state index contributed by atoms with van der Waals surface area (Å²) in [5.41, 5.74) is 8.19. The molecule has 0 aliphatic carbocycles. The van der Waals surface area contributed by atoms with Crippen molar-refractivity contribution in [2.45, 2.75) is 18.4 Å². The van der Waals surface area contributed by atoms with E-state index in [-0.39, 0.29) is 24.4 Å². The van der Waals surface area contributed by atoms with Crippen molar-refractivity contribution in [3.8, 4) is 0 Å². The molecule has 2 aliphatic rings. The number of rotatable bonds is 4. The molecule has 0 bridgehead atoms. The molecule has 0 radical (unpaired) electrons. The predicted molar refractivity (Wildman–Crippen MR) is 113 cm³/mol. The molecule has 2 aliphatic heterocycles. The summed E-state index contributed by atoms with van der Waals surface area (Å²) in [5, 5.41) is 0.630. The highest BCUT2D eigenvalue weighted by Crippen LogP contribution is 2.36. The summed E-state index contributed by atoms with van der Waals surface area (Å²) >= 11 is 6.30. The number of anilines is 1. The smallest absolute Gasteiger partial charge is 0.244 e. The molecule has 1 unspecified atom stereocenters. The van der Waals surface area contributed by atoms with E-state index in [0.717, 1.165) is 25.2 Å². The van der Waals surface area contributed by atoms with E-state index in [2.05, 4.69) is 29.2 Å². The van der Waals surface area contributed by atoms with Gasteiger partial charge in [-0.1, -0.05) is 54.1 Å².